The van der Waals surface area contributed by atoms with Gasteiger partial charge in [0.05, 0.1) is 22.7 Å². The average molecular weight is 654 g/mol. The molecule has 0 spiro atoms. The Morgan fingerprint density at radius 1 is 1.00 bits per heavy atom. The highest BCUT2D eigenvalue weighted by Crippen LogP contribution is 2.45. The van der Waals surface area contributed by atoms with Gasteiger partial charge in [-0.25, -0.2) is 13.4 Å². The van der Waals surface area contributed by atoms with Crippen molar-refractivity contribution in [2.45, 2.75) is 34.9 Å². The van der Waals surface area contributed by atoms with Gasteiger partial charge in [-0.1, -0.05) is 59.3 Å². The van der Waals surface area contributed by atoms with Crippen molar-refractivity contribution in [2.75, 3.05) is 22.9 Å². The van der Waals surface area contributed by atoms with Gasteiger partial charge in [0.15, 0.2) is 5.13 Å². The van der Waals surface area contributed by atoms with Crippen LogP contribution >= 0.6 is 36.4 Å². The van der Waals surface area contributed by atoms with Crippen molar-refractivity contribution in [1.82, 2.24) is 4.98 Å². The molecule has 4 aromatic rings. The van der Waals surface area contributed by atoms with Crippen molar-refractivity contribution in [3.8, 4) is 0 Å². The molecule has 222 valence electrons. The molecule has 1 aromatic heterocycles. The van der Waals surface area contributed by atoms with Crippen LogP contribution in [-0.4, -0.2) is 43.3 Å². The number of carbonyl (C=O) groups is 2. The minimum atomic E-state index is -3.91. The summed E-state index contributed by atoms with van der Waals surface area (Å²) in [5.41, 5.74) is 2.58. The summed E-state index contributed by atoms with van der Waals surface area (Å²) in [6.45, 7) is 3.58. The molecule has 3 heterocycles. The summed E-state index contributed by atoms with van der Waals surface area (Å²) in [7, 11) is -3.91. The largest absolute Gasteiger partial charge is 0.507 e. The summed E-state index contributed by atoms with van der Waals surface area (Å²) in [6, 6.07) is 19.1. The molecule has 2 saturated heterocycles. The lowest BCUT2D eigenvalue weighted by atomic mass is 9.94. The van der Waals surface area contributed by atoms with Crippen LogP contribution in [0.2, 0.25) is 5.02 Å². The monoisotopic (exact) mass is 653 g/mol. The number of sulfone groups is 1. The van der Waals surface area contributed by atoms with E-state index in [9.17, 15) is 23.1 Å². The zero-order valence-electron chi connectivity index (χ0n) is 23.0. The maximum absolute atomic E-state index is 13.7. The highest BCUT2D eigenvalue weighted by atomic mass is 35.5. The summed E-state index contributed by atoms with van der Waals surface area (Å²) in [5.74, 6) is -2.13. The number of hydrogen-bond donors (Lipinski definition) is 1. The second kappa shape index (κ2) is 12.2. The molecule has 43 heavy (non-hydrogen) atoms. The predicted molar refractivity (Wildman–Crippen MR) is 173 cm³/mol. The molecule has 1 amide bonds. The number of rotatable bonds is 6. The van der Waals surface area contributed by atoms with Crippen molar-refractivity contribution in [3.63, 3.8) is 0 Å². The van der Waals surface area contributed by atoms with Crippen molar-refractivity contribution >= 4 is 74.5 Å². The Bertz CT molecular complexity index is 1850. The molecule has 6 rings (SSSR count). The Morgan fingerprint density at radius 2 is 1.72 bits per heavy atom. The maximum Gasteiger partial charge on any atom is 0.301 e. The number of amides is 1. The van der Waals surface area contributed by atoms with Crippen molar-refractivity contribution in [1.29, 1.82) is 0 Å². The van der Waals surface area contributed by atoms with Crippen LogP contribution in [0.3, 0.4) is 0 Å². The average Bonchev–Trinajstić information content (AvgIpc) is 3.74. The third-order valence-electron chi connectivity index (χ3n) is 7.46. The fraction of sp³-hybridized carbons (Fsp3) is 0.194. The lowest BCUT2D eigenvalue weighted by Crippen LogP contribution is -2.29. The van der Waals surface area contributed by atoms with Gasteiger partial charge < -0.3 is 10.0 Å². The molecule has 0 saturated carbocycles. The van der Waals surface area contributed by atoms with E-state index in [-0.39, 0.29) is 39.1 Å². The number of aryl methyl sites for hydroxylation is 1. The van der Waals surface area contributed by atoms with Crippen LogP contribution in [0.5, 0.6) is 0 Å². The van der Waals surface area contributed by atoms with E-state index in [1.54, 1.807) is 48.5 Å². The number of aromatic nitrogens is 1. The van der Waals surface area contributed by atoms with Crippen molar-refractivity contribution in [2.24, 2.45) is 0 Å². The number of carbonyl (C=O) groups excluding carboxylic acids is 2. The zero-order chi connectivity index (χ0) is 29.6. The molecule has 2 aliphatic heterocycles. The van der Waals surface area contributed by atoms with Crippen LogP contribution in [0.4, 0.5) is 10.8 Å². The van der Waals surface area contributed by atoms with Gasteiger partial charge in [0, 0.05) is 29.4 Å². The number of hydrogen-bond acceptors (Lipinski definition) is 8. The molecule has 2 aliphatic rings. The van der Waals surface area contributed by atoms with Gasteiger partial charge in [-0.05, 0) is 67.3 Å². The minimum Gasteiger partial charge on any atom is -0.507 e. The maximum atomic E-state index is 13.7. The van der Waals surface area contributed by atoms with Gasteiger partial charge in [-0.2, -0.15) is 13.5 Å². The smallest absolute Gasteiger partial charge is 0.301 e. The SMILES string of the molecule is Cc1ccc(C(O)=C2C(=O)C(=O)N(c3ncc(S(=O)(=O)c4ccccc4)s3)C2c2cccc(Cl)c2)c(N2CCCC2)c1.S. The van der Waals surface area contributed by atoms with Gasteiger partial charge in [0.2, 0.25) is 9.84 Å². The van der Waals surface area contributed by atoms with E-state index < -0.39 is 27.6 Å². The first-order valence-corrected chi connectivity index (χ1v) is 16.0. The van der Waals surface area contributed by atoms with E-state index in [1.165, 1.54) is 18.3 Å². The van der Waals surface area contributed by atoms with Crippen LogP contribution in [0, 0.1) is 6.92 Å². The number of ketones is 1. The topological polar surface area (TPSA) is 108 Å². The zero-order valence-corrected chi connectivity index (χ0v) is 26.4. The van der Waals surface area contributed by atoms with E-state index in [2.05, 4.69) is 9.88 Å². The van der Waals surface area contributed by atoms with Crippen LogP contribution in [0.15, 0.2) is 93.7 Å². The number of benzene rings is 3. The molecule has 1 N–H and O–H groups in total. The number of anilines is 2. The summed E-state index contributed by atoms with van der Waals surface area (Å²) in [6.07, 6.45) is 3.21. The summed E-state index contributed by atoms with van der Waals surface area (Å²) in [5, 5.41) is 12.2. The molecule has 0 radical (unpaired) electrons. The molecule has 8 nitrogen and oxygen atoms in total. The molecule has 3 aromatic carbocycles. The minimum absolute atomic E-state index is 0. The third kappa shape index (κ3) is 5.58. The van der Waals surface area contributed by atoms with Gasteiger partial charge in [-0.15, -0.1) is 0 Å². The first-order chi connectivity index (χ1) is 20.2. The first kappa shape index (κ1) is 30.8. The van der Waals surface area contributed by atoms with Gasteiger partial charge in [-0.3, -0.25) is 14.5 Å². The number of aliphatic hydroxyl groups excluding tert-OH is 1. The lowest BCUT2D eigenvalue weighted by molar-refractivity contribution is -0.132. The summed E-state index contributed by atoms with van der Waals surface area (Å²) >= 11 is 7.11. The molecule has 0 aliphatic carbocycles. The Kier molecular flexibility index (Phi) is 8.71. The van der Waals surface area contributed by atoms with Crippen molar-refractivity contribution in [3.05, 3.63) is 106 Å². The van der Waals surface area contributed by atoms with Gasteiger partial charge in [0.1, 0.15) is 9.97 Å². The highest BCUT2D eigenvalue weighted by Gasteiger charge is 2.48. The van der Waals surface area contributed by atoms with Crippen LogP contribution in [0.25, 0.3) is 5.76 Å². The quantitative estimate of drug-likeness (QED) is 0.148. The Balaban J connectivity index is 0.00000368. The molecule has 2 fully saturated rings. The molecule has 1 atom stereocenters. The third-order valence-corrected chi connectivity index (χ3v) is 10.9. The number of Topliss-reactive ketones (excluding diaryl/α,β-unsaturated/α-hetero) is 1. The first-order valence-electron chi connectivity index (χ1n) is 13.4. The van der Waals surface area contributed by atoms with E-state index in [1.807, 2.05) is 19.1 Å². The van der Waals surface area contributed by atoms with E-state index in [0.29, 0.717) is 16.1 Å². The Morgan fingerprint density at radius 3 is 2.42 bits per heavy atom. The standard InChI is InChI=1S/C31H26ClN3O5S2.H2S/c1-19-12-13-23(24(16-19)34-14-5-6-15-34)28(36)26-27(20-8-7-9-21(32)17-20)35(30(38)29(26)37)31-33-18-25(41-31)42(39,40)22-10-3-2-4-11-22;/h2-4,7-13,16-18,27,36H,5-6,14-15H2,1H3;1H2. The normalized spacial score (nSPS) is 18.2. The lowest BCUT2D eigenvalue weighted by Gasteiger charge is -2.25. The van der Waals surface area contributed by atoms with E-state index in [0.717, 1.165) is 53.4 Å². The number of aliphatic hydroxyl groups is 1. The second-order valence-corrected chi connectivity index (χ2v) is 13.8. The molecular formula is C31H28ClN3O5S3. The van der Waals surface area contributed by atoms with Gasteiger partial charge >= 0.3 is 5.91 Å². The molecular weight excluding hydrogens is 626 g/mol. The number of thiazole rings is 1. The van der Waals surface area contributed by atoms with Crippen LogP contribution in [0.1, 0.15) is 35.6 Å². The number of halogens is 1. The Hall–Kier alpha value is -3.64. The second-order valence-electron chi connectivity index (χ2n) is 10.2. The summed E-state index contributed by atoms with van der Waals surface area (Å²) < 4.78 is 26.5. The fourth-order valence-electron chi connectivity index (χ4n) is 5.43. The van der Waals surface area contributed by atoms with Crippen LogP contribution in [-0.2, 0) is 19.4 Å². The highest BCUT2D eigenvalue weighted by molar-refractivity contribution is 7.93. The van der Waals surface area contributed by atoms with Crippen molar-refractivity contribution < 1.29 is 23.1 Å². The van der Waals surface area contributed by atoms with E-state index in [4.69, 9.17) is 11.6 Å². The Labute approximate surface area is 265 Å². The van der Waals surface area contributed by atoms with Gasteiger partial charge in [0.25, 0.3) is 5.78 Å². The summed E-state index contributed by atoms with van der Waals surface area (Å²) in [4.78, 5) is 35.0. The van der Waals surface area contributed by atoms with E-state index >= 15 is 0 Å². The molecule has 0 bridgehead atoms. The fourth-order valence-corrected chi connectivity index (χ4v) is 8.20. The molecule has 1 unspecified atom stereocenters. The predicted octanol–water partition coefficient (Wildman–Crippen LogP) is 6.28. The van der Waals surface area contributed by atoms with Crippen LogP contribution < -0.4 is 9.80 Å². The molecule has 12 heteroatoms. The number of nitrogens with zero attached hydrogens (tertiary/aromatic N) is 3.